The summed E-state index contributed by atoms with van der Waals surface area (Å²) in [5.74, 6) is 0.793. The fraction of sp³-hybridized carbons (Fsp3) is 0.250. The molecule has 3 rings (SSSR count). The first-order chi connectivity index (χ1) is 12.0. The van der Waals surface area contributed by atoms with Gasteiger partial charge in [-0.25, -0.2) is 0 Å². The van der Waals surface area contributed by atoms with E-state index in [0.29, 0.717) is 40.0 Å². The zero-order valence-corrected chi connectivity index (χ0v) is 14.2. The molecule has 0 aliphatic heterocycles. The van der Waals surface area contributed by atoms with Crippen LogP contribution in [0.4, 0.5) is 0 Å². The summed E-state index contributed by atoms with van der Waals surface area (Å²) in [6.07, 6.45) is 2.48. The van der Waals surface area contributed by atoms with Gasteiger partial charge in [0.1, 0.15) is 17.1 Å². The second-order valence-corrected chi connectivity index (χ2v) is 5.91. The number of methoxy groups -OCH3 is 1. The molecule has 0 unspecified atom stereocenters. The summed E-state index contributed by atoms with van der Waals surface area (Å²) < 4.78 is 11.1. The molecule has 130 valence electrons. The Morgan fingerprint density at radius 3 is 2.56 bits per heavy atom. The lowest BCUT2D eigenvalue weighted by Gasteiger charge is -2.10. The van der Waals surface area contributed by atoms with Gasteiger partial charge in [-0.1, -0.05) is 13.3 Å². The van der Waals surface area contributed by atoms with Crippen LogP contribution in [0.2, 0.25) is 0 Å². The van der Waals surface area contributed by atoms with Crippen molar-refractivity contribution in [2.24, 2.45) is 0 Å². The van der Waals surface area contributed by atoms with E-state index in [2.05, 4.69) is 6.92 Å². The summed E-state index contributed by atoms with van der Waals surface area (Å²) in [5.41, 5.74) is 1.48. The lowest BCUT2D eigenvalue weighted by Crippen LogP contribution is -2.02. The number of benzene rings is 2. The van der Waals surface area contributed by atoms with E-state index in [1.54, 1.807) is 18.2 Å². The number of fused-ring (bicyclic) bond motifs is 1. The molecule has 0 radical (unpaired) electrons. The van der Waals surface area contributed by atoms with Gasteiger partial charge in [0.2, 0.25) is 0 Å². The van der Waals surface area contributed by atoms with Crippen molar-refractivity contribution in [3.63, 3.8) is 0 Å². The van der Waals surface area contributed by atoms with Gasteiger partial charge in [-0.15, -0.1) is 0 Å². The zero-order valence-electron chi connectivity index (χ0n) is 14.2. The lowest BCUT2D eigenvalue weighted by atomic mass is 10.0. The molecule has 0 aliphatic carbocycles. The third kappa shape index (κ3) is 3.18. The van der Waals surface area contributed by atoms with Crippen molar-refractivity contribution in [2.75, 3.05) is 7.11 Å². The van der Waals surface area contributed by atoms with E-state index in [9.17, 15) is 15.0 Å². The van der Waals surface area contributed by atoms with Gasteiger partial charge in [-0.05, 0) is 43.2 Å². The van der Waals surface area contributed by atoms with Gasteiger partial charge < -0.3 is 19.4 Å². The van der Waals surface area contributed by atoms with E-state index in [4.69, 9.17) is 9.15 Å². The number of rotatable bonds is 5. The van der Waals surface area contributed by atoms with Crippen LogP contribution in [0.1, 0.15) is 25.3 Å². The summed E-state index contributed by atoms with van der Waals surface area (Å²) in [6.45, 7) is 2.06. The summed E-state index contributed by atoms with van der Waals surface area (Å²) in [6, 6.07) is 9.26. The van der Waals surface area contributed by atoms with Crippen molar-refractivity contribution < 1.29 is 19.4 Å². The molecule has 0 atom stereocenters. The van der Waals surface area contributed by atoms with Gasteiger partial charge in [0.15, 0.2) is 16.9 Å². The van der Waals surface area contributed by atoms with Crippen molar-refractivity contribution in [3.05, 3.63) is 52.2 Å². The van der Waals surface area contributed by atoms with Gasteiger partial charge in [0.25, 0.3) is 0 Å². The van der Waals surface area contributed by atoms with Crippen LogP contribution in [-0.4, -0.2) is 17.3 Å². The van der Waals surface area contributed by atoms with Crippen molar-refractivity contribution in [2.45, 2.75) is 26.2 Å². The first-order valence-electron chi connectivity index (χ1n) is 8.21. The second-order valence-electron chi connectivity index (χ2n) is 5.91. The van der Waals surface area contributed by atoms with Crippen LogP contribution in [0.3, 0.4) is 0 Å². The average Bonchev–Trinajstić information content (AvgIpc) is 2.61. The van der Waals surface area contributed by atoms with Crippen LogP contribution in [0, 0.1) is 0 Å². The minimum Gasteiger partial charge on any atom is -0.508 e. The number of hydrogen-bond acceptors (Lipinski definition) is 5. The van der Waals surface area contributed by atoms with Crippen LogP contribution in [0.15, 0.2) is 45.6 Å². The average molecular weight is 340 g/mol. The normalized spacial score (nSPS) is 11.0. The van der Waals surface area contributed by atoms with Gasteiger partial charge in [0, 0.05) is 17.2 Å². The van der Waals surface area contributed by atoms with Gasteiger partial charge >= 0.3 is 0 Å². The molecule has 2 aromatic carbocycles. The maximum Gasteiger partial charge on any atom is 0.193 e. The quantitative estimate of drug-likeness (QED) is 0.727. The molecule has 1 aromatic heterocycles. The predicted octanol–water partition coefficient (Wildman–Crippen LogP) is 4.22. The maximum absolute atomic E-state index is 12.5. The molecular weight excluding hydrogens is 320 g/mol. The molecule has 25 heavy (non-hydrogen) atoms. The number of phenols is 2. The summed E-state index contributed by atoms with van der Waals surface area (Å²) in [7, 11) is 1.45. The SMILES string of the molecule is CCCCc1c(O)ccc2c(=O)cc(-c3ccc(O)c(OC)c3)oc12. The highest BCUT2D eigenvalue weighted by Gasteiger charge is 2.15. The highest BCUT2D eigenvalue weighted by Crippen LogP contribution is 2.34. The first-order valence-corrected chi connectivity index (χ1v) is 8.21. The van der Waals surface area contributed by atoms with Crippen LogP contribution in [0.5, 0.6) is 17.2 Å². The molecule has 0 aliphatic rings. The Morgan fingerprint density at radius 1 is 1.08 bits per heavy atom. The molecule has 0 bridgehead atoms. The minimum atomic E-state index is -0.180. The van der Waals surface area contributed by atoms with E-state index >= 15 is 0 Å². The summed E-state index contributed by atoms with van der Waals surface area (Å²) in [4.78, 5) is 12.5. The van der Waals surface area contributed by atoms with Crippen molar-refractivity contribution in [1.29, 1.82) is 0 Å². The fourth-order valence-electron chi connectivity index (χ4n) is 2.83. The molecule has 3 aromatic rings. The molecule has 0 saturated heterocycles. The molecule has 5 nitrogen and oxygen atoms in total. The Kier molecular flexibility index (Phi) is 4.65. The number of aryl methyl sites for hydroxylation is 1. The number of hydrogen-bond donors (Lipinski definition) is 2. The number of phenolic OH excluding ortho intramolecular Hbond substituents is 2. The molecular formula is C20H20O5. The standard InChI is InChI=1S/C20H20O5/c1-3-4-5-13-15(21)9-7-14-17(23)11-18(25-20(13)14)12-6-8-16(22)19(10-12)24-2/h6-11,21-22H,3-5H2,1-2H3. The molecule has 2 N–H and O–H groups in total. The second kappa shape index (κ2) is 6.89. The third-order valence-electron chi connectivity index (χ3n) is 4.22. The summed E-state index contributed by atoms with van der Waals surface area (Å²) >= 11 is 0. The van der Waals surface area contributed by atoms with Crippen LogP contribution < -0.4 is 10.2 Å². The highest BCUT2D eigenvalue weighted by atomic mass is 16.5. The first kappa shape index (κ1) is 16.9. The molecule has 1 heterocycles. The van der Waals surface area contributed by atoms with E-state index in [-0.39, 0.29) is 16.9 Å². The van der Waals surface area contributed by atoms with Crippen LogP contribution in [0.25, 0.3) is 22.3 Å². The number of unbranched alkanes of at least 4 members (excludes halogenated alkanes) is 1. The van der Waals surface area contributed by atoms with Gasteiger partial charge in [0.05, 0.1) is 12.5 Å². The van der Waals surface area contributed by atoms with Crippen LogP contribution >= 0.6 is 0 Å². The monoisotopic (exact) mass is 340 g/mol. The van der Waals surface area contributed by atoms with E-state index in [1.807, 2.05) is 0 Å². The highest BCUT2D eigenvalue weighted by molar-refractivity contribution is 5.83. The van der Waals surface area contributed by atoms with Crippen LogP contribution in [-0.2, 0) is 6.42 Å². The predicted molar refractivity (Wildman–Crippen MR) is 96.4 cm³/mol. The number of ether oxygens (including phenoxy) is 1. The van der Waals surface area contributed by atoms with E-state index in [0.717, 1.165) is 12.8 Å². The van der Waals surface area contributed by atoms with Gasteiger partial charge in [-0.3, -0.25) is 4.79 Å². The molecule has 0 saturated carbocycles. The third-order valence-corrected chi connectivity index (χ3v) is 4.22. The molecule has 0 fully saturated rings. The molecule has 0 amide bonds. The largest absolute Gasteiger partial charge is 0.508 e. The van der Waals surface area contributed by atoms with Crippen molar-refractivity contribution in [1.82, 2.24) is 0 Å². The summed E-state index contributed by atoms with van der Waals surface area (Å²) in [5, 5.41) is 20.4. The fourth-order valence-corrected chi connectivity index (χ4v) is 2.83. The molecule has 0 spiro atoms. The molecule has 5 heteroatoms. The zero-order chi connectivity index (χ0) is 18.0. The Labute approximate surface area is 145 Å². The topological polar surface area (TPSA) is 79.9 Å². The lowest BCUT2D eigenvalue weighted by molar-refractivity contribution is 0.373. The van der Waals surface area contributed by atoms with E-state index in [1.165, 1.54) is 25.3 Å². The minimum absolute atomic E-state index is 0.00988. The Hall–Kier alpha value is -2.95. The Morgan fingerprint density at radius 2 is 1.84 bits per heavy atom. The van der Waals surface area contributed by atoms with Crippen molar-refractivity contribution in [3.8, 4) is 28.6 Å². The maximum atomic E-state index is 12.5. The van der Waals surface area contributed by atoms with E-state index < -0.39 is 0 Å². The number of aromatic hydroxyl groups is 2. The Balaban J connectivity index is 2.22. The van der Waals surface area contributed by atoms with Gasteiger partial charge in [-0.2, -0.15) is 0 Å². The smallest absolute Gasteiger partial charge is 0.193 e. The Bertz CT molecular complexity index is 972. The van der Waals surface area contributed by atoms with Crippen molar-refractivity contribution >= 4 is 11.0 Å².